The Bertz CT molecular complexity index is 1020. The highest BCUT2D eigenvalue weighted by atomic mass is 16.2. The van der Waals surface area contributed by atoms with Gasteiger partial charge in [-0.15, -0.1) is 5.10 Å². The summed E-state index contributed by atoms with van der Waals surface area (Å²) in [4.78, 5) is 19.4. The minimum atomic E-state index is -0.0429. The van der Waals surface area contributed by atoms with Gasteiger partial charge in [0.15, 0.2) is 5.69 Å². The Hall–Kier alpha value is -2.80. The molecule has 7 heteroatoms. The van der Waals surface area contributed by atoms with Gasteiger partial charge in [0.1, 0.15) is 0 Å². The number of nitrogens with two attached hydrogens (primary N) is 1. The van der Waals surface area contributed by atoms with Crippen LogP contribution in [0.4, 0.5) is 0 Å². The monoisotopic (exact) mass is 362 g/mol. The number of likely N-dealkylation sites (tertiary alicyclic amines) is 1. The summed E-state index contributed by atoms with van der Waals surface area (Å²) >= 11 is 0. The SMILES string of the molecule is Cc1c(C(=O)N2CC3CCC(N)C3C2)nnn1-c1cccc2ncccc12. The van der Waals surface area contributed by atoms with Gasteiger partial charge in [-0.2, -0.15) is 0 Å². The topological polar surface area (TPSA) is 89.9 Å². The van der Waals surface area contributed by atoms with E-state index in [1.165, 1.54) is 0 Å². The molecule has 2 N–H and O–H groups in total. The molecule has 0 spiro atoms. The molecule has 2 fully saturated rings. The van der Waals surface area contributed by atoms with Gasteiger partial charge in [0.25, 0.3) is 5.91 Å². The van der Waals surface area contributed by atoms with Crippen molar-refractivity contribution in [3.05, 3.63) is 47.9 Å². The molecule has 1 aromatic carbocycles. The fraction of sp³-hybridized carbons (Fsp3) is 0.400. The summed E-state index contributed by atoms with van der Waals surface area (Å²) < 4.78 is 1.74. The van der Waals surface area contributed by atoms with Crippen molar-refractivity contribution in [3.63, 3.8) is 0 Å². The second kappa shape index (κ2) is 6.13. The summed E-state index contributed by atoms with van der Waals surface area (Å²) in [6, 6.07) is 9.99. The fourth-order valence-electron chi connectivity index (χ4n) is 4.65. The van der Waals surface area contributed by atoms with Crippen molar-refractivity contribution in [2.24, 2.45) is 17.6 Å². The van der Waals surface area contributed by atoms with Crippen molar-refractivity contribution in [1.29, 1.82) is 0 Å². The second-order valence-electron chi connectivity index (χ2n) is 7.66. The molecule has 1 aliphatic carbocycles. The number of carbonyl (C=O) groups is 1. The maximum absolute atomic E-state index is 13.1. The molecule has 3 atom stereocenters. The third kappa shape index (κ3) is 2.53. The molecule has 0 bridgehead atoms. The minimum absolute atomic E-state index is 0.0429. The Balaban J connectivity index is 1.48. The number of hydrogen-bond donors (Lipinski definition) is 1. The van der Waals surface area contributed by atoms with Gasteiger partial charge in [-0.25, -0.2) is 4.68 Å². The van der Waals surface area contributed by atoms with E-state index in [2.05, 4.69) is 15.3 Å². The normalized spacial score (nSPS) is 24.5. The molecule has 2 aliphatic rings. The van der Waals surface area contributed by atoms with Gasteiger partial charge in [-0.05, 0) is 55.9 Å². The fourth-order valence-corrected chi connectivity index (χ4v) is 4.65. The van der Waals surface area contributed by atoms with E-state index in [4.69, 9.17) is 5.73 Å². The predicted molar refractivity (Wildman–Crippen MR) is 101 cm³/mol. The molecule has 1 saturated heterocycles. The number of rotatable bonds is 2. The van der Waals surface area contributed by atoms with Crippen LogP contribution in [0, 0.1) is 18.8 Å². The number of benzene rings is 1. The minimum Gasteiger partial charge on any atom is -0.337 e. The van der Waals surface area contributed by atoms with Crippen LogP contribution >= 0.6 is 0 Å². The number of hydrogen-bond acceptors (Lipinski definition) is 5. The highest BCUT2D eigenvalue weighted by molar-refractivity contribution is 5.94. The Kier molecular flexibility index (Phi) is 3.72. The van der Waals surface area contributed by atoms with Crippen LogP contribution < -0.4 is 5.73 Å². The molecule has 1 amide bonds. The lowest BCUT2D eigenvalue weighted by atomic mass is 9.98. The molecule has 3 heterocycles. The number of amides is 1. The van der Waals surface area contributed by atoms with Gasteiger partial charge < -0.3 is 10.6 Å². The molecule has 1 aliphatic heterocycles. The second-order valence-corrected chi connectivity index (χ2v) is 7.66. The molecular weight excluding hydrogens is 340 g/mol. The quantitative estimate of drug-likeness (QED) is 0.752. The smallest absolute Gasteiger partial charge is 0.276 e. The first kappa shape index (κ1) is 16.4. The third-order valence-electron chi connectivity index (χ3n) is 6.15. The van der Waals surface area contributed by atoms with Crippen LogP contribution in [0.5, 0.6) is 0 Å². The van der Waals surface area contributed by atoms with Crippen LogP contribution in [0.25, 0.3) is 16.6 Å². The van der Waals surface area contributed by atoms with Crippen LogP contribution in [0.15, 0.2) is 36.5 Å². The Morgan fingerprint density at radius 1 is 1.19 bits per heavy atom. The van der Waals surface area contributed by atoms with Crippen LogP contribution in [0.2, 0.25) is 0 Å². The van der Waals surface area contributed by atoms with Crippen molar-refractivity contribution in [2.45, 2.75) is 25.8 Å². The van der Waals surface area contributed by atoms with Crippen molar-refractivity contribution in [1.82, 2.24) is 24.9 Å². The zero-order chi connectivity index (χ0) is 18.5. The van der Waals surface area contributed by atoms with Gasteiger partial charge in [0.05, 0.1) is 16.9 Å². The molecule has 5 rings (SSSR count). The van der Waals surface area contributed by atoms with Crippen LogP contribution in [-0.2, 0) is 0 Å². The molecule has 3 unspecified atom stereocenters. The molecule has 0 radical (unpaired) electrons. The maximum atomic E-state index is 13.1. The number of fused-ring (bicyclic) bond motifs is 2. The Labute approximate surface area is 157 Å². The lowest BCUT2D eigenvalue weighted by Gasteiger charge is -2.18. The van der Waals surface area contributed by atoms with Gasteiger partial charge in [0.2, 0.25) is 0 Å². The average molecular weight is 362 g/mol. The molecule has 27 heavy (non-hydrogen) atoms. The third-order valence-corrected chi connectivity index (χ3v) is 6.15. The molecular formula is C20H22N6O. The zero-order valence-corrected chi connectivity index (χ0v) is 15.2. The number of pyridine rings is 1. The van der Waals surface area contributed by atoms with Crippen molar-refractivity contribution >= 4 is 16.8 Å². The molecule has 138 valence electrons. The lowest BCUT2D eigenvalue weighted by molar-refractivity contribution is 0.0773. The van der Waals surface area contributed by atoms with E-state index in [-0.39, 0.29) is 11.9 Å². The van der Waals surface area contributed by atoms with E-state index in [0.29, 0.717) is 17.5 Å². The van der Waals surface area contributed by atoms with E-state index < -0.39 is 0 Å². The van der Waals surface area contributed by atoms with Crippen LogP contribution in [0.3, 0.4) is 0 Å². The van der Waals surface area contributed by atoms with Gasteiger partial charge >= 0.3 is 0 Å². The van der Waals surface area contributed by atoms with Crippen molar-refractivity contribution in [3.8, 4) is 5.69 Å². The maximum Gasteiger partial charge on any atom is 0.276 e. The first-order valence-corrected chi connectivity index (χ1v) is 9.45. The van der Waals surface area contributed by atoms with Crippen molar-refractivity contribution in [2.75, 3.05) is 13.1 Å². The first-order chi connectivity index (χ1) is 13.1. The predicted octanol–water partition coefficient (Wildman–Crippen LogP) is 1.93. The highest BCUT2D eigenvalue weighted by Crippen LogP contribution is 2.37. The Morgan fingerprint density at radius 2 is 2.07 bits per heavy atom. The van der Waals surface area contributed by atoms with Crippen LogP contribution in [0.1, 0.15) is 29.0 Å². The van der Waals surface area contributed by atoms with Gasteiger partial charge in [-0.3, -0.25) is 9.78 Å². The summed E-state index contributed by atoms with van der Waals surface area (Å²) in [5, 5.41) is 9.49. The number of aromatic nitrogens is 4. The largest absolute Gasteiger partial charge is 0.337 e. The van der Waals surface area contributed by atoms with Gasteiger partial charge in [0, 0.05) is 30.7 Å². The summed E-state index contributed by atoms with van der Waals surface area (Å²) in [5.41, 5.74) is 9.14. The molecule has 2 aromatic heterocycles. The van der Waals surface area contributed by atoms with Crippen molar-refractivity contribution < 1.29 is 4.79 Å². The summed E-state index contributed by atoms with van der Waals surface area (Å²) in [6.07, 6.45) is 3.95. The van der Waals surface area contributed by atoms with E-state index in [1.54, 1.807) is 10.9 Å². The highest BCUT2D eigenvalue weighted by Gasteiger charge is 2.43. The van der Waals surface area contributed by atoms with E-state index in [9.17, 15) is 4.79 Å². The molecule has 7 nitrogen and oxygen atoms in total. The first-order valence-electron chi connectivity index (χ1n) is 9.45. The van der Waals surface area contributed by atoms with Gasteiger partial charge in [-0.1, -0.05) is 11.3 Å². The zero-order valence-electron chi connectivity index (χ0n) is 15.2. The number of carbonyl (C=O) groups excluding carboxylic acids is 1. The van der Waals surface area contributed by atoms with Crippen LogP contribution in [-0.4, -0.2) is 49.9 Å². The summed E-state index contributed by atoms with van der Waals surface area (Å²) in [7, 11) is 0. The molecule has 1 saturated carbocycles. The standard InChI is InChI=1S/C20H22N6O/c1-12-19(20(27)25-10-13-7-8-16(21)15(13)11-25)23-24-26(12)18-6-2-5-17-14(18)4-3-9-22-17/h2-6,9,13,15-16H,7-8,10-11,21H2,1H3. The Morgan fingerprint density at radius 3 is 2.93 bits per heavy atom. The number of nitrogens with zero attached hydrogens (tertiary/aromatic N) is 5. The van der Waals surface area contributed by atoms with E-state index >= 15 is 0 Å². The van der Waals surface area contributed by atoms with E-state index in [0.717, 1.165) is 48.2 Å². The lowest BCUT2D eigenvalue weighted by Crippen LogP contribution is -2.34. The molecule has 3 aromatic rings. The summed E-state index contributed by atoms with van der Waals surface area (Å²) in [6.45, 7) is 3.40. The summed E-state index contributed by atoms with van der Waals surface area (Å²) in [5.74, 6) is 0.913. The van der Waals surface area contributed by atoms with E-state index in [1.807, 2.05) is 42.2 Å². The average Bonchev–Trinajstić information content (AvgIpc) is 3.37.